The molecule has 1 aliphatic rings. The minimum absolute atomic E-state index is 0.297. The number of nitrogens with one attached hydrogen (secondary N) is 1. The molecule has 0 radical (unpaired) electrons. The van der Waals surface area contributed by atoms with Gasteiger partial charge in [-0.2, -0.15) is 0 Å². The highest BCUT2D eigenvalue weighted by Gasteiger charge is 2.40. The minimum Gasteiger partial charge on any atom is -0.496 e. The molecule has 2 rings (SSSR count). The lowest BCUT2D eigenvalue weighted by molar-refractivity contribution is -0.143. The summed E-state index contributed by atoms with van der Waals surface area (Å²) in [7, 11) is 1.64. The van der Waals surface area contributed by atoms with Crippen molar-refractivity contribution in [3.05, 3.63) is 51.9 Å². The Kier molecular flexibility index (Phi) is 16.5. The first-order valence-electron chi connectivity index (χ1n) is 16.9. The smallest absolute Gasteiger partial charge is 0.337 e. The molecule has 242 valence electrons. The number of rotatable bonds is 20. The number of carbonyl (C=O) groups excluding carboxylic acids is 2. The van der Waals surface area contributed by atoms with E-state index in [0.717, 1.165) is 30.4 Å². The van der Waals surface area contributed by atoms with E-state index in [9.17, 15) is 9.59 Å². The number of esters is 2. The second-order valence-electron chi connectivity index (χ2n) is 12.6. The molecule has 0 aliphatic carbocycles. The van der Waals surface area contributed by atoms with E-state index in [4.69, 9.17) is 14.2 Å². The van der Waals surface area contributed by atoms with E-state index in [1.165, 1.54) is 70.6 Å². The maximum Gasteiger partial charge on any atom is 0.337 e. The van der Waals surface area contributed by atoms with Gasteiger partial charge in [-0.25, -0.2) is 9.59 Å². The number of unbranched alkanes of at least 4 members (excludes halogenated alkanes) is 12. The molecule has 0 spiro atoms. The number of dihydropyridines is 1. The van der Waals surface area contributed by atoms with Crippen LogP contribution >= 0.6 is 0 Å². The lowest BCUT2D eigenvalue weighted by Crippen LogP contribution is -2.34. The molecule has 0 unspecified atom stereocenters. The Morgan fingerprint density at radius 2 is 1.16 bits per heavy atom. The summed E-state index contributed by atoms with van der Waals surface area (Å²) >= 11 is 0. The largest absolute Gasteiger partial charge is 0.496 e. The van der Waals surface area contributed by atoms with Gasteiger partial charge in [-0.1, -0.05) is 96.1 Å². The van der Waals surface area contributed by atoms with Crippen molar-refractivity contribution in [1.29, 1.82) is 0 Å². The number of hydrogen-bond acceptors (Lipinski definition) is 6. The maximum absolute atomic E-state index is 13.6. The summed E-state index contributed by atoms with van der Waals surface area (Å²) in [6, 6.07) is 6.00. The summed E-state index contributed by atoms with van der Waals surface area (Å²) in [5, 5.41) is 3.26. The zero-order valence-electron chi connectivity index (χ0n) is 28.4. The molecular formula is C37H59NO5. The number of methoxy groups -OCH3 is 1. The molecule has 6 heteroatoms. The topological polar surface area (TPSA) is 73.9 Å². The summed E-state index contributed by atoms with van der Waals surface area (Å²) in [4.78, 5) is 27.1. The van der Waals surface area contributed by atoms with Crippen LogP contribution in [0.5, 0.6) is 5.75 Å². The first-order valence-corrected chi connectivity index (χ1v) is 16.9. The van der Waals surface area contributed by atoms with Crippen LogP contribution in [0.2, 0.25) is 0 Å². The molecule has 0 atom stereocenters. The Morgan fingerprint density at radius 3 is 1.58 bits per heavy atom. The van der Waals surface area contributed by atoms with Gasteiger partial charge in [0.05, 0.1) is 36.4 Å². The van der Waals surface area contributed by atoms with Gasteiger partial charge in [0.2, 0.25) is 0 Å². The predicted molar refractivity (Wildman–Crippen MR) is 176 cm³/mol. The molecule has 0 bridgehead atoms. The van der Waals surface area contributed by atoms with Gasteiger partial charge in [-0.3, -0.25) is 0 Å². The number of benzene rings is 1. The van der Waals surface area contributed by atoms with E-state index in [1.807, 2.05) is 53.7 Å². The summed E-state index contributed by atoms with van der Waals surface area (Å²) in [5.74, 6) is -0.883. The van der Waals surface area contributed by atoms with E-state index >= 15 is 0 Å². The summed E-state index contributed by atoms with van der Waals surface area (Å²) in [6.07, 6.45) is 17.2. The quantitative estimate of drug-likeness (QED) is 0.119. The van der Waals surface area contributed by atoms with E-state index in [2.05, 4.69) is 18.3 Å². The lowest BCUT2D eigenvalue weighted by atomic mass is 9.77. The van der Waals surface area contributed by atoms with Crippen molar-refractivity contribution in [3.63, 3.8) is 0 Å². The van der Waals surface area contributed by atoms with Crippen LogP contribution in [-0.4, -0.2) is 31.3 Å². The molecule has 0 fully saturated rings. The lowest BCUT2D eigenvalue weighted by Gasteiger charge is -2.33. The molecule has 0 saturated heterocycles. The van der Waals surface area contributed by atoms with Crippen LogP contribution < -0.4 is 10.1 Å². The summed E-state index contributed by atoms with van der Waals surface area (Å²) in [5.41, 5.74) is 4.12. The molecule has 43 heavy (non-hydrogen) atoms. The van der Waals surface area contributed by atoms with Crippen molar-refractivity contribution in [2.24, 2.45) is 0 Å². The molecule has 1 aliphatic heterocycles. The Labute approximate surface area is 262 Å². The monoisotopic (exact) mass is 597 g/mol. The molecule has 6 nitrogen and oxygen atoms in total. The van der Waals surface area contributed by atoms with Crippen molar-refractivity contribution < 1.29 is 23.8 Å². The first-order chi connectivity index (χ1) is 20.6. The number of allylic oxidation sites excluding steroid dienone is 2. The molecule has 0 amide bonds. The minimum atomic E-state index is -0.660. The number of aryl methyl sites for hydroxylation is 1. The van der Waals surface area contributed by atoms with E-state index in [0.29, 0.717) is 28.3 Å². The first kappa shape index (κ1) is 36.4. The Bertz CT molecular complexity index is 1040. The van der Waals surface area contributed by atoms with Crippen molar-refractivity contribution in [2.45, 2.75) is 156 Å². The van der Waals surface area contributed by atoms with Gasteiger partial charge in [0.1, 0.15) is 5.75 Å². The van der Waals surface area contributed by atoms with Crippen molar-refractivity contribution >= 4 is 11.9 Å². The summed E-state index contributed by atoms with van der Waals surface area (Å²) < 4.78 is 17.3. The molecule has 1 N–H and O–H groups in total. The van der Waals surface area contributed by atoms with Crippen LogP contribution in [0, 0.1) is 0 Å². The predicted octanol–water partition coefficient (Wildman–Crippen LogP) is 9.47. The maximum atomic E-state index is 13.6. The van der Waals surface area contributed by atoms with E-state index in [-0.39, 0.29) is 12.2 Å². The van der Waals surface area contributed by atoms with Gasteiger partial charge < -0.3 is 19.5 Å². The van der Waals surface area contributed by atoms with Crippen molar-refractivity contribution in [2.75, 3.05) is 7.11 Å². The Hall–Kier alpha value is -2.76. The van der Waals surface area contributed by atoms with Crippen LogP contribution in [0.3, 0.4) is 0 Å². The van der Waals surface area contributed by atoms with Crippen LogP contribution in [0.4, 0.5) is 0 Å². The Morgan fingerprint density at radius 1 is 0.721 bits per heavy atom. The van der Waals surface area contributed by atoms with Gasteiger partial charge in [0, 0.05) is 17.0 Å². The molecular weight excluding hydrogens is 538 g/mol. The van der Waals surface area contributed by atoms with Gasteiger partial charge in [0.15, 0.2) is 0 Å². The third kappa shape index (κ3) is 11.7. The zero-order chi connectivity index (χ0) is 31.8. The van der Waals surface area contributed by atoms with Gasteiger partial charge in [-0.15, -0.1) is 0 Å². The van der Waals surface area contributed by atoms with E-state index in [1.54, 1.807) is 7.11 Å². The molecule has 1 aromatic carbocycles. The normalized spacial score (nSPS) is 14.0. The van der Waals surface area contributed by atoms with Gasteiger partial charge >= 0.3 is 11.9 Å². The van der Waals surface area contributed by atoms with Crippen LogP contribution in [-0.2, 0) is 25.5 Å². The van der Waals surface area contributed by atoms with Crippen molar-refractivity contribution in [3.8, 4) is 5.75 Å². The average Bonchev–Trinajstić information content (AvgIpc) is 2.93. The number of hydrogen-bond donors (Lipinski definition) is 1. The molecule has 1 aromatic rings. The van der Waals surface area contributed by atoms with Gasteiger partial charge in [0.25, 0.3) is 0 Å². The molecule has 0 saturated carbocycles. The number of carbonyl (C=O) groups is 2. The fourth-order valence-corrected chi connectivity index (χ4v) is 6.03. The van der Waals surface area contributed by atoms with Crippen LogP contribution in [0.15, 0.2) is 40.7 Å². The summed E-state index contributed by atoms with van der Waals surface area (Å²) in [6.45, 7) is 13.3. The van der Waals surface area contributed by atoms with Crippen LogP contribution in [0.1, 0.15) is 149 Å². The standard InChI is InChI=1S/C37H59NO5/c1-9-10-11-12-13-14-15-16-17-18-19-20-21-23-30-24-22-25-31(41-8)34(30)35-32(36(39)42-26(2)3)28(6)38-29(7)33(35)37(40)43-27(4)5/h22,24-27,35,38H,9-21,23H2,1-8H3. The second-order valence-corrected chi connectivity index (χ2v) is 12.6. The second kappa shape index (κ2) is 19.5. The fourth-order valence-electron chi connectivity index (χ4n) is 6.03. The molecule has 1 heterocycles. The molecule has 0 aromatic heterocycles. The highest BCUT2D eigenvalue weighted by Crippen LogP contribution is 2.45. The Balaban J connectivity index is 2.20. The van der Waals surface area contributed by atoms with Crippen molar-refractivity contribution in [1.82, 2.24) is 5.32 Å². The van der Waals surface area contributed by atoms with Gasteiger partial charge in [-0.05, 0) is 66.0 Å². The average molecular weight is 598 g/mol. The van der Waals surface area contributed by atoms with E-state index < -0.39 is 17.9 Å². The zero-order valence-corrected chi connectivity index (χ0v) is 28.4. The highest BCUT2D eigenvalue weighted by atomic mass is 16.5. The van der Waals surface area contributed by atoms with Crippen LogP contribution in [0.25, 0.3) is 0 Å². The third-order valence-electron chi connectivity index (χ3n) is 8.10. The fraction of sp³-hybridized carbons (Fsp3) is 0.676. The number of ether oxygens (including phenoxy) is 3. The SMILES string of the molecule is CCCCCCCCCCCCCCCc1cccc(OC)c1C1C(C(=O)OC(C)C)=C(C)NC(C)=C1C(=O)OC(C)C. The third-order valence-corrected chi connectivity index (χ3v) is 8.10. The highest BCUT2D eigenvalue weighted by molar-refractivity contribution is 6.00.